The standard InChI is InChI=1S/C8H14N4O.C2H6/c1-11(2)3-4-12-6-10-5-7(9)8(12)13;1-2/h5-6H,3-4,9H2,1-2H3;1-2H3. The first-order valence-electron chi connectivity index (χ1n) is 5.06. The monoisotopic (exact) mass is 212 g/mol. The SMILES string of the molecule is CC.CN(C)CCn1cncc(N)c1=O. The van der Waals surface area contributed by atoms with Gasteiger partial charge in [0, 0.05) is 13.1 Å². The number of likely N-dealkylation sites (N-methyl/N-ethyl adjacent to an activating group) is 1. The van der Waals surface area contributed by atoms with Gasteiger partial charge in [-0.25, -0.2) is 4.98 Å². The van der Waals surface area contributed by atoms with Crippen molar-refractivity contribution in [1.29, 1.82) is 0 Å². The molecule has 0 aromatic carbocycles. The van der Waals surface area contributed by atoms with Crippen molar-refractivity contribution in [2.75, 3.05) is 26.4 Å². The minimum Gasteiger partial charge on any atom is -0.393 e. The second-order valence-electron chi connectivity index (χ2n) is 3.15. The van der Waals surface area contributed by atoms with Gasteiger partial charge in [0.2, 0.25) is 0 Å². The zero-order valence-electron chi connectivity index (χ0n) is 9.90. The normalized spacial score (nSPS) is 9.67. The lowest BCUT2D eigenvalue weighted by atomic mass is 10.5. The van der Waals surface area contributed by atoms with Gasteiger partial charge >= 0.3 is 0 Å². The van der Waals surface area contributed by atoms with Gasteiger partial charge in [0.1, 0.15) is 5.69 Å². The highest BCUT2D eigenvalue weighted by Gasteiger charge is 1.99. The van der Waals surface area contributed by atoms with E-state index in [2.05, 4.69) is 4.98 Å². The van der Waals surface area contributed by atoms with Gasteiger partial charge in [-0.05, 0) is 14.1 Å². The second kappa shape index (κ2) is 7.00. The van der Waals surface area contributed by atoms with Crippen LogP contribution in [-0.4, -0.2) is 35.1 Å². The number of hydrogen-bond acceptors (Lipinski definition) is 4. The van der Waals surface area contributed by atoms with E-state index in [9.17, 15) is 4.79 Å². The maximum Gasteiger partial charge on any atom is 0.276 e. The van der Waals surface area contributed by atoms with Crippen LogP contribution in [0.2, 0.25) is 0 Å². The molecule has 0 atom stereocenters. The van der Waals surface area contributed by atoms with Crippen LogP contribution in [0.25, 0.3) is 0 Å². The van der Waals surface area contributed by atoms with Gasteiger partial charge in [-0.1, -0.05) is 13.8 Å². The minimum absolute atomic E-state index is 0.170. The number of nitrogens with two attached hydrogens (primary N) is 1. The van der Waals surface area contributed by atoms with Crippen molar-refractivity contribution in [3.8, 4) is 0 Å². The lowest BCUT2D eigenvalue weighted by Gasteiger charge is -2.10. The summed E-state index contributed by atoms with van der Waals surface area (Å²) in [6, 6.07) is 0. The highest BCUT2D eigenvalue weighted by atomic mass is 16.1. The Bertz CT molecular complexity index is 332. The molecule has 0 radical (unpaired) electrons. The molecular formula is C10H20N4O. The average molecular weight is 212 g/mol. The van der Waals surface area contributed by atoms with Crippen molar-refractivity contribution < 1.29 is 0 Å². The van der Waals surface area contributed by atoms with Crippen molar-refractivity contribution in [3.05, 3.63) is 22.9 Å². The van der Waals surface area contributed by atoms with Crippen molar-refractivity contribution in [2.24, 2.45) is 0 Å². The summed E-state index contributed by atoms with van der Waals surface area (Å²) in [7, 11) is 3.90. The average Bonchev–Trinajstić information content (AvgIpc) is 2.23. The van der Waals surface area contributed by atoms with E-state index in [1.54, 1.807) is 0 Å². The van der Waals surface area contributed by atoms with E-state index in [0.29, 0.717) is 6.54 Å². The predicted octanol–water partition coefficient (Wildman–Crippen LogP) is 0.413. The largest absolute Gasteiger partial charge is 0.393 e. The molecule has 0 saturated heterocycles. The van der Waals surface area contributed by atoms with Crippen LogP contribution in [0.15, 0.2) is 17.3 Å². The summed E-state index contributed by atoms with van der Waals surface area (Å²) in [5, 5.41) is 0. The van der Waals surface area contributed by atoms with E-state index in [0.717, 1.165) is 6.54 Å². The summed E-state index contributed by atoms with van der Waals surface area (Å²) in [5.41, 5.74) is 5.44. The van der Waals surface area contributed by atoms with Gasteiger partial charge < -0.3 is 10.6 Å². The van der Waals surface area contributed by atoms with Gasteiger partial charge in [0.05, 0.1) is 12.5 Å². The molecule has 0 aliphatic carbocycles. The quantitative estimate of drug-likeness (QED) is 0.788. The molecule has 5 nitrogen and oxygen atoms in total. The fourth-order valence-corrected chi connectivity index (χ4v) is 0.935. The fraction of sp³-hybridized carbons (Fsp3) is 0.600. The second-order valence-corrected chi connectivity index (χ2v) is 3.15. The topological polar surface area (TPSA) is 64.2 Å². The first-order valence-corrected chi connectivity index (χ1v) is 5.06. The molecule has 86 valence electrons. The fourth-order valence-electron chi connectivity index (χ4n) is 0.935. The zero-order valence-corrected chi connectivity index (χ0v) is 9.90. The van der Waals surface area contributed by atoms with Crippen LogP contribution in [0.1, 0.15) is 13.8 Å². The van der Waals surface area contributed by atoms with Gasteiger partial charge in [0.25, 0.3) is 5.56 Å². The third-order valence-electron chi connectivity index (χ3n) is 1.72. The smallest absolute Gasteiger partial charge is 0.276 e. The van der Waals surface area contributed by atoms with Gasteiger partial charge in [0.15, 0.2) is 0 Å². The number of aromatic nitrogens is 2. The first kappa shape index (κ1) is 13.6. The van der Waals surface area contributed by atoms with E-state index >= 15 is 0 Å². The van der Waals surface area contributed by atoms with Crippen LogP contribution in [0.4, 0.5) is 5.69 Å². The molecule has 1 aromatic heterocycles. The Morgan fingerprint density at radius 2 is 2.07 bits per heavy atom. The first-order chi connectivity index (χ1) is 7.11. The molecule has 1 heterocycles. The molecule has 0 aliphatic heterocycles. The predicted molar refractivity (Wildman–Crippen MR) is 62.8 cm³/mol. The Balaban J connectivity index is 0.000000921. The summed E-state index contributed by atoms with van der Waals surface area (Å²) in [4.78, 5) is 17.2. The highest BCUT2D eigenvalue weighted by Crippen LogP contribution is 1.88. The lowest BCUT2D eigenvalue weighted by molar-refractivity contribution is 0.380. The molecular weight excluding hydrogens is 192 g/mol. The number of nitrogen functional groups attached to an aromatic ring is 1. The van der Waals surface area contributed by atoms with E-state index in [1.165, 1.54) is 17.1 Å². The Kier molecular flexibility index (Phi) is 6.37. The van der Waals surface area contributed by atoms with Gasteiger partial charge in [-0.3, -0.25) is 9.36 Å². The molecule has 2 N–H and O–H groups in total. The Hall–Kier alpha value is -1.36. The Morgan fingerprint density at radius 3 is 2.60 bits per heavy atom. The molecule has 0 fully saturated rings. The van der Waals surface area contributed by atoms with Gasteiger partial charge in [-0.2, -0.15) is 0 Å². The maximum absolute atomic E-state index is 11.4. The highest BCUT2D eigenvalue weighted by molar-refractivity contribution is 5.30. The molecule has 0 spiro atoms. The van der Waals surface area contributed by atoms with Crippen LogP contribution in [-0.2, 0) is 6.54 Å². The van der Waals surface area contributed by atoms with Crippen molar-refractivity contribution in [1.82, 2.24) is 14.5 Å². The molecule has 5 heteroatoms. The molecule has 1 aromatic rings. The van der Waals surface area contributed by atoms with Crippen LogP contribution >= 0.6 is 0 Å². The Morgan fingerprint density at radius 1 is 1.47 bits per heavy atom. The van der Waals surface area contributed by atoms with Crippen LogP contribution in [0.5, 0.6) is 0 Å². The molecule has 0 saturated carbocycles. The zero-order chi connectivity index (χ0) is 11.8. The van der Waals surface area contributed by atoms with Crippen LogP contribution in [0, 0.1) is 0 Å². The van der Waals surface area contributed by atoms with Crippen LogP contribution < -0.4 is 11.3 Å². The minimum atomic E-state index is -0.170. The number of anilines is 1. The number of rotatable bonds is 3. The number of nitrogens with zero attached hydrogens (tertiary/aromatic N) is 3. The van der Waals surface area contributed by atoms with E-state index in [-0.39, 0.29) is 11.2 Å². The maximum atomic E-state index is 11.4. The molecule has 0 bridgehead atoms. The lowest BCUT2D eigenvalue weighted by Crippen LogP contribution is -2.28. The Labute approximate surface area is 90.5 Å². The van der Waals surface area contributed by atoms with Gasteiger partial charge in [-0.15, -0.1) is 0 Å². The van der Waals surface area contributed by atoms with Crippen molar-refractivity contribution >= 4 is 5.69 Å². The van der Waals surface area contributed by atoms with Crippen molar-refractivity contribution in [2.45, 2.75) is 20.4 Å². The molecule has 0 aliphatic rings. The van der Waals surface area contributed by atoms with Crippen LogP contribution in [0.3, 0.4) is 0 Å². The summed E-state index contributed by atoms with van der Waals surface area (Å²) in [6.45, 7) is 5.41. The molecule has 1 rings (SSSR count). The summed E-state index contributed by atoms with van der Waals surface area (Å²) in [6.07, 6.45) is 2.87. The molecule has 0 amide bonds. The summed E-state index contributed by atoms with van der Waals surface area (Å²) >= 11 is 0. The van der Waals surface area contributed by atoms with E-state index < -0.39 is 0 Å². The molecule has 15 heavy (non-hydrogen) atoms. The van der Waals surface area contributed by atoms with E-state index in [1.807, 2.05) is 32.8 Å². The number of hydrogen-bond donors (Lipinski definition) is 1. The third kappa shape index (κ3) is 4.60. The van der Waals surface area contributed by atoms with E-state index in [4.69, 9.17) is 5.73 Å². The summed E-state index contributed by atoms with van der Waals surface area (Å²) in [5.74, 6) is 0. The summed E-state index contributed by atoms with van der Waals surface area (Å²) < 4.78 is 1.51. The third-order valence-corrected chi connectivity index (χ3v) is 1.72. The molecule has 0 unspecified atom stereocenters. The van der Waals surface area contributed by atoms with Crippen molar-refractivity contribution in [3.63, 3.8) is 0 Å².